The van der Waals surface area contributed by atoms with Crippen LogP contribution in [0.15, 0.2) is 101 Å². The van der Waals surface area contributed by atoms with Crippen molar-refractivity contribution in [3.63, 3.8) is 0 Å². The number of unbranched alkanes of at least 4 members (excludes halogenated alkanes) is 3. The summed E-state index contributed by atoms with van der Waals surface area (Å²) in [6.45, 7) is 4.85. The van der Waals surface area contributed by atoms with Gasteiger partial charge in [0.25, 0.3) is 0 Å². The Balaban J connectivity index is 1.38. The lowest BCUT2D eigenvalue weighted by Gasteiger charge is -2.27. The van der Waals surface area contributed by atoms with Crippen LogP contribution in [0, 0.1) is 5.92 Å². The number of carbonyl (C=O) groups excluding carboxylic acids is 2. The van der Waals surface area contributed by atoms with Crippen molar-refractivity contribution in [1.82, 2.24) is 9.88 Å². The van der Waals surface area contributed by atoms with Crippen LogP contribution in [0.2, 0.25) is 0 Å². The Morgan fingerprint density at radius 2 is 1.54 bits per heavy atom. The van der Waals surface area contributed by atoms with E-state index in [2.05, 4.69) is 22.0 Å². The molecule has 1 aliphatic heterocycles. The van der Waals surface area contributed by atoms with E-state index in [1.54, 1.807) is 54.6 Å². The standard InChI is InChI=1S/C38H39N3O6S/c1-2-3-4-8-14-33(40-44)38(43)28-17-19-35-32(23-28)31-22-27(16-18-34(31)41(35)21-20-26-24-39-25-26)37(42)30-13-9-10-15-36(30)47-48(45,46)29-11-6-5-7-12-29/h5-7,9-13,15-19,22-23,26,39,44H,2-4,8,14,20-21,24-25H2,1H3/b40-33+. The number of aryl methyl sites for hydroxylation is 1. The lowest BCUT2D eigenvalue weighted by molar-refractivity contribution is 0.103. The number of rotatable bonds is 15. The number of hydrogen-bond acceptors (Lipinski definition) is 8. The smallest absolute Gasteiger partial charge is 0.339 e. The maximum absolute atomic E-state index is 14.0. The monoisotopic (exact) mass is 665 g/mol. The molecule has 2 heterocycles. The predicted molar refractivity (Wildman–Crippen MR) is 187 cm³/mol. The van der Waals surface area contributed by atoms with Gasteiger partial charge in [0.15, 0.2) is 11.5 Å². The summed E-state index contributed by atoms with van der Waals surface area (Å²) in [5, 5.41) is 18.0. The Bertz CT molecular complexity index is 2100. The summed E-state index contributed by atoms with van der Waals surface area (Å²) in [6, 6.07) is 25.0. The molecule has 6 rings (SSSR count). The molecule has 248 valence electrons. The first-order valence-corrected chi connectivity index (χ1v) is 17.9. The number of aromatic nitrogens is 1. The van der Waals surface area contributed by atoms with Gasteiger partial charge in [-0.25, -0.2) is 0 Å². The summed E-state index contributed by atoms with van der Waals surface area (Å²) in [4.78, 5) is 27.5. The van der Waals surface area contributed by atoms with Crippen molar-refractivity contribution in [3.05, 3.63) is 108 Å². The Hall–Kier alpha value is -4.80. The number of hydrogen-bond donors (Lipinski definition) is 2. The number of carbonyl (C=O) groups is 2. The van der Waals surface area contributed by atoms with Crippen LogP contribution in [0.4, 0.5) is 0 Å². The Morgan fingerprint density at radius 1 is 0.875 bits per heavy atom. The normalized spacial score (nSPS) is 13.9. The summed E-state index contributed by atoms with van der Waals surface area (Å²) in [7, 11) is -4.17. The summed E-state index contributed by atoms with van der Waals surface area (Å²) in [6.07, 6.45) is 5.20. The van der Waals surface area contributed by atoms with Gasteiger partial charge in [-0.15, -0.1) is 0 Å². The van der Waals surface area contributed by atoms with Gasteiger partial charge in [-0.2, -0.15) is 8.42 Å². The quantitative estimate of drug-likeness (QED) is 0.0298. The summed E-state index contributed by atoms with van der Waals surface area (Å²) in [5.74, 6) is -0.203. The lowest BCUT2D eigenvalue weighted by atomic mass is 9.98. The molecule has 0 atom stereocenters. The highest BCUT2D eigenvalue weighted by atomic mass is 32.2. The summed E-state index contributed by atoms with van der Waals surface area (Å²) >= 11 is 0. The number of nitrogens with one attached hydrogen (secondary N) is 1. The minimum Gasteiger partial charge on any atom is -0.411 e. The first-order valence-electron chi connectivity index (χ1n) is 16.5. The van der Waals surface area contributed by atoms with Gasteiger partial charge in [0.05, 0.1) is 5.56 Å². The van der Waals surface area contributed by atoms with Crippen LogP contribution >= 0.6 is 0 Å². The Kier molecular flexibility index (Phi) is 10.0. The number of oxime groups is 1. The van der Waals surface area contributed by atoms with Crippen molar-refractivity contribution in [3.8, 4) is 5.75 Å². The van der Waals surface area contributed by atoms with E-state index < -0.39 is 15.9 Å². The van der Waals surface area contributed by atoms with Gasteiger partial charge < -0.3 is 19.3 Å². The van der Waals surface area contributed by atoms with E-state index in [0.717, 1.165) is 73.5 Å². The molecule has 0 spiro atoms. The highest BCUT2D eigenvalue weighted by Gasteiger charge is 2.24. The fraction of sp³-hybridized carbons (Fsp3) is 0.289. The molecule has 0 aliphatic carbocycles. The third-order valence-electron chi connectivity index (χ3n) is 9.03. The van der Waals surface area contributed by atoms with Gasteiger partial charge in [-0.3, -0.25) is 9.59 Å². The molecule has 1 aromatic heterocycles. The molecule has 2 N–H and O–H groups in total. The van der Waals surface area contributed by atoms with Crippen LogP contribution < -0.4 is 9.50 Å². The van der Waals surface area contributed by atoms with E-state index >= 15 is 0 Å². The molecule has 1 fully saturated rings. The topological polar surface area (TPSA) is 127 Å². The SMILES string of the molecule is CCCCCC/C(=N\O)C(=O)c1ccc2c(c1)c1cc(C(=O)c3ccccc3OS(=O)(=O)c3ccccc3)ccc1n2CCC1CNC1. The molecule has 10 heteroatoms. The van der Waals surface area contributed by atoms with Crippen molar-refractivity contribution in [1.29, 1.82) is 0 Å². The maximum Gasteiger partial charge on any atom is 0.339 e. The number of benzene rings is 4. The molecular formula is C38H39N3O6S. The fourth-order valence-corrected chi connectivity index (χ4v) is 7.19. The minimum absolute atomic E-state index is 0.0140. The van der Waals surface area contributed by atoms with E-state index in [9.17, 15) is 23.2 Å². The predicted octanol–water partition coefficient (Wildman–Crippen LogP) is 7.39. The minimum atomic E-state index is -4.17. The molecule has 1 saturated heterocycles. The number of nitrogens with zero attached hydrogens (tertiary/aromatic N) is 2. The molecule has 0 bridgehead atoms. The van der Waals surface area contributed by atoms with Crippen molar-refractivity contribution in [2.75, 3.05) is 13.1 Å². The van der Waals surface area contributed by atoms with Crippen LogP contribution in [0.25, 0.3) is 21.8 Å². The van der Waals surface area contributed by atoms with Gasteiger partial charge >= 0.3 is 10.1 Å². The third kappa shape index (κ3) is 6.90. The van der Waals surface area contributed by atoms with Gasteiger partial charge in [-0.1, -0.05) is 61.7 Å². The molecule has 5 aromatic rings. The Morgan fingerprint density at radius 3 is 2.21 bits per heavy atom. The highest BCUT2D eigenvalue weighted by molar-refractivity contribution is 7.87. The van der Waals surface area contributed by atoms with Crippen LogP contribution in [-0.2, 0) is 16.7 Å². The van der Waals surface area contributed by atoms with Gasteiger partial charge in [-0.05, 0) is 98.9 Å². The fourth-order valence-electron chi connectivity index (χ4n) is 6.22. The third-order valence-corrected chi connectivity index (χ3v) is 10.3. The van der Waals surface area contributed by atoms with Gasteiger partial charge in [0.1, 0.15) is 10.6 Å². The first-order chi connectivity index (χ1) is 23.3. The Labute approximate surface area is 280 Å². The summed E-state index contributed by atoms with van der Waals surface area (Å²) in [5.41, 5.74) is 2.86. The zero-order valence-corrected chi connectivity index (χ0v) is 27.7. The molecule has 0 unspecified atom stereocenters. The molecule has 0 saturated carbocycles. The molecule has 1 aliphatic rings. The van der Waals surface area contributed by atoms with Crippen molar-refractivity contribution >= 4 is 49.2 Å². The van der Waals surface area contributed by atoms with Gasteiger partial charge in [0, 0.05) is 39.5 Å². The molecule has 0 amide bonds. The van der Waals surface area contributed by atoms with Gasteiger partial charge in [0.2, 0.25) is 5.78 Å². The number of fused-ring (bicyclic) bond motifs is 3. The van der Waals surface area contributed by atoms with Crippen molar-refractivity contribution in [2.45, 2.75) is 56.9 Å². The zero-order chi connectivity index (χ0) is 33.7. The number of para-hydroxylation sites is 1. The van der Waals surface area contributed by atoms with Crippen LogP contribution in [0.1, 0.15) is 71.7 Å². The number of Topliss-reactive ketones (excluding diaryl/α,β-unsaturated/α-hetero) is 1. The maximum atomic E-state index is 14.0. The second-order valence-electron chi connectivity index (χ2n) is 12.3. The number of ketones is 2. The average molecular weight is 666 g/mol. The van der Waals surface area contributed by atoms with E-state index in [1.165, 1.54) is 18.2 Å². The highest BCUT2D eigenvalue weighted by Crippen LogP contribution is 2.34. The van der Waals surface area contributed by atoms with E-state index in [4.69, 9.17) is 4.18 Å². The lowest BCUT2D eigenvalue weighted by Crippen LogP contribution is -2.42. The second-order valence-corrected chi connectivity index (χ2v) is 13.8. The van der Waals surface area contributed by atoms with Crippen LogP contribution in [-0.4, -0.2) is 48.6 Å². The zero-order valence-electron chi connectivity index (χ0n) is 26.9. The molecule has 4 aromatic carbocycles. The average Bonchev–Trinajstić information content (AvgIpc) is 3.39. The van der Waals surface area contributed by atoms with E-state index in [0.29, 0.717) is 23.5 Å². The molecule has 9 nitrogen and oxygen atoms in total. The van der Waals surface area contributed by atoms with E-state index in [1.807, 2.05) is 18.2 Å². The van der Waals surface area contributed by atoms with Crippen LogP contribution in [0.3, 0.4) is 0 Å². The second kappa shape index (κ2) is 14.5. The van der Waals surface area contributed by atoms with Crippen molar-refractivity contribution in [2.24, 2.45) is 11.1 Å². The molecule has 0 radical (unpaired) electrons. The first kappa shape index (κ1) is 33.1. The summed E-state index contributed by atoms with van der Waals surface area (Å²) < 4.78 is 33.8. The van der Waals surface area contributed by atoms with Crippen LogP contribution in [0.5, 0.6) is 5.75 Å². The van der Waals surface area contributed by atoms with Crippen molar-refractivity contribution < 1.29 is 27.4 Å². The molecular weight excluding hydrogens is 626 g/mol. The van der Waals surface area contributed by atoms with E-state index in [-0.39, 0.29) is 27.7 Å². The molecule has 48 heavy (non-hydrogen) atoms. The largest absolute Gasteiger partial charge is 0.411 e.